The van der Waals surface area contributed by atoms with Gasteiger partial charge in [0.15, 0.2) is 5.79 Å². The highest BCUT2D eigenvalue weighted by molar-refractivity contribution is 5.85. The molecule has 1 N–H and O–H groups in total. The van der Waals surface area contributed by atoms with E-state index in [-0.39, 0.29) is 12.7 Å². The first-order valence-electron chi connectivity index (χ1n) is 8.19. The van der Waals surface area contributed by atoms with Crippen LogP contribution in [0.25, 0.3) is 0 Å². The highest BCUT2D eigenvalue weighted by atomic mass is 16.7. The Balaban J connectivity index is 1.63. The molecule has 0 saturated carbocycles. The molecule has 132 valence electrons. The van der Waals surface area contributed by atoms with E-state index in [1.807, 2.05) is 51.1 Å². The summed E-state index contributed by atoms with van der Waals surface area (Å²) in [4.78, 5) is 16.5. The first-order chi connectivity index (χ1) is 11.9. The Morgan fingerprint density at radius 1 is 1.36 bits per heavy atom. The zero-order chi connectivity index (χ0) is 17.9. The Morgan fingerprint density at radius 2 is 2.12 bits per heavy atom. The van der Waals surface area contributed by atoms with Crippen molar-refractivity contribution >= 4 is 11.8 Å². The van der Waals surface area contributed by atoms with Crippen LogP contribution in [0.15, 0.2) is 42.6 Å². The van der Waals surface area contributed by atoms with Crippen LogP contribution in [0.4, 0.5) is 10.5 Å². The number of nitrogens with one attached hydrogen (secondary N) is 1. The van der Waals surface area contributed by atoms with E-state index in [4.69, 9.17) is 14.2 Å². The van der Waals surface area contributed by atoms with Crippen LogP contribution in [0, 0.1) is 6.92 Å². The Morgan fingerprint density at radius 3 is 2.80 bits per heavy atom. The van der Waals surface area contributed by atoms with E-state index in [9.17, 15) is 4.79 Å². The standard InChI is InChI=1S/C19H22N2O4/c1-13-10-20-16(17-12-24-19(2,3)25-17)9-15(13)21-18(22)23-11-14-7-5-4-6-8-14/h4-10,17H,11-12H2,1-3H3,(H,20,21,22). The number of aryl methyl sites for hydroxylation is 1. The van der Waals surface area contributed by atoms with Crippen LogP contribution in [-0.4, -0.2) is 23.5 Å². The molecule has 0 aliphatic carbocycles. The van der Waals surface area contributed by atoms with Crippen molar-refractivity contribution in [3.05, 3.63) is 59.4 Å². The van der Waals surface area contributed by atoms with Gasteiger partial charge in [0, 0.05) is 6.20 Å². The molecule has 6 nitrogen and oxygen atoms in total. The van der Waals surface area contributed by atoms with Crippen LogP contribution in [-0.2, 0) is 20.8 Å². The van der Waals surface area contributed by atoms with Gasteiger partial charge < -0.3 is 14.2 Å². The van der Waals surface area contributed by atoms with Gasteiger partial charge in [0.25, 0.3) is 0 Å². The molecule has 1 aliphatic rings. The number of pyridine rings is 1. The summed E-state index contributed by atoms with van der Waals surface area (Å²) < 4.78 is 16.6. The highest BCUT2D eigenvalue weighted by Gasteiger charge is 2.34. The molecule has 25 heavy (non-hydrogen) atoms. The molecule has 0 spiro atoms. The van der Waals surface area contributed by atoms with Crippen LogP contribution in [0.2, 0.25) is 0 Å². The number of nitrogens with zero attached hydrogens (tertiary/aromatic N) is 1. The smallest absolute Gasteiger partial charge is 0.411 e. The summed E-state index contributed by atoms with van der Waals surface area (Å²) in [6, 6.07) is 11.3. The van der Waals surface area contributed by atoms with E-state index in [0.717, 1.165) is 16.8 Å². The van der Waals surface area contributed by atoms with Crippen molar-refractivity contribution in [1.82, 2.24) is 4.98 Å². The molecule has 1 fully saturated rings. The van der Waals surface area contributed by atoms with Crippen LogP contribution in [0.3, 0.4) is 0 Å². The van der Waals surface area contributed by atoms with Crippen LogP contribution >= 0.6 is 0 Å². The van der Waals surface area contributed by atoms with Gasteiger partial charge in [0.05, 0.1) is 18.0 Å². The summed E-state index contributed by atoms with van der Waals surface area (Å²) in [5.74, 6) is -0.626. The molecule has 2 heterocycles. The molecular formula is C19H22N2O4. The number of amides is 1. The number of benzene rings is 1. The fourth-order valence-electron chi connectivity index (χ4n) is 2.55. The molecule has 0 bridgehead atoms. The van der Waals surface area contributed by atoms with Crippen molar-refractivity contribution in [3.8, 4) is 0 Å². The maximum Gasteiger partial charge on any atom is 0.411 e. The van der Waals surface area contributed by atoms with E-state index >= 15 is 0 Å². The van der Waals surface area contributed by atoms with E-state index in [0.29, 0.717) is 12.3 Å². The molecular weight excluding hydrogens is 320 g/mol. The number of anilines is 1. The van der Waals surface area contributed by atoms with Gasteiger partial charge in [0.2, 0.25) is 0 Å². The monoisotopic (exact) mass is 342 g/mol. The Hall–Kier alpha value is -2.44. The number of hydrogen-bond donors (Lipinski definition) is 1. The Labute approximate surface area is 147 Å². The van der Waals surface area contributed by atoms with Crippen molar-refractivity contribution in [1.29, 1.82) is 0 Å². The lowest BCUT2D eigenvalue weighted by Crippen LogP contribution is -2.20. The van der Waals surface area contributed by atoms with Gasteiger partial charge in [0.1, 0.15) is 12.7 Å². The third kappa shape index (κ3) is 4.55. The maximum atomic E-state index is 12.1. The third-order valence-electron chi connectivity index (χ3n) is 3.91. The first-order valence-corrected chi connectivity index (χ1v) is 8.19. The Kier molecular flexibility index (Phi) is 5.01. The average molecular weight is 342 g/mol. The third-order valence-corrected chi connectivity index (χ3v) is 3.91. The van der Waals surface area contributed by atoms with E-state index in [2.05, 4.69) is 10.3 Å². The number of carbonyl (C=O) groups is 1. The number of aromatic nitrogens is 1. The normalized spacial score (nSPS) is 18.8. The van der Waals surface area contributed by atoms with Gasteiger partial charge >= 0.3 is 6.09 Å². The molecule has 0 radical (unpaired) electrons. The molecule has 1 atom stereocenters. The molecule has 6 heteroatoms. The van der Waals surface area contributed by atoms with Crippen molar-refractivity contribution < 1.29 is 19.0 Å². The molecule has 1 saturated heterocycles. The number of ether oxygens (including phenoxy) is 3. The van der Waals surface area contributed by atoms with E-state index in [1.165, 1.54) is 0 Å². The minimum atomic E-state index is -0.626. The van der Waals surface area contributed by atoms with Crippen molar-refractivity contribution in [2.24, 2.45) is 0 Å². The minimum absolute atomic E-state index is 0.220. The highest BCUT2D eigenvalue weighted by Crippen LogP contribution is 2.33. The molecule has 1 amide bonds. The SMILES string of the molecule is Cc1cnc(C2COC(C)(C)O2)cc1NC(=O)OCc1ccccc1. The predicted octanol–water partition coefficient (Wildman–Crippen LogP) is 3.96. The lowest BCUT2D eigenvalue weighted by molar-refractivity contribution is -0.139. The topological polar surface area (TPSA) is 69.7 Å². The van der Waals surface area contributed by atoms with Crippen molar-refractivity contribution in [2.75, 3.05) is 11.9 Å². The van der Waals surface area contributed by atoms with E-state index in [1.54, 1.807) is 12.3 Å². The number of carbonyl (C=O) groups excluding carboxylic acids is 1. The zero-order valence-electron chi connectivity index (χ0n) is 14.6. The minimum Gasteiger partial charge on any atom is -0.444 e. The van der Waals surface area contributed by atoms with Crippen LogP contribution in [0.5, 0.6) is 0 Å². The number of rotatable bonds is 4. The fraction of sp³-hybridized carbons (Fsp3) is 0.368. The Bertz CT molecular complexity index is 746. The zero-order valence-corrected chi connectivity index (χ0v) is 14.6. The van der Waals surface area contributed by atoms with Crippen LogP contribution < -0.4 is 5.32 Å². The lowest BCUT2D eigenvalue weighted by atomic mass is 10.1. The fourth-order valence-corrected chi connectivity index (χ4v) is 2.55. The summed E-state index contributed by atoms with van der Waals surface area (Å²) in [6.07, 6.45) is 0.945. The molecule has 3 rings (SSSR count). The molecule has 1 unspecified atom stereocenters. The van der Waals surface area contributed by atoms with Gasteiger partial charge in [-0.15, -0.1) is 0 Å². The maximum absolute atomic E-state index is 12.1. The second-order valence-electron chi connectivity index (χ2n) is 6.43. The van der Waals surface area contributed by atoms with Crippen molar-refractivity contribution in [2.45, 2.75) is 39.3 Å². The quantitative estimate of drug-likeness (QED) is 0.910. The summed E-state index contributed by atoms with van der Waals surface area (Å²) in [5.41, 5.74) is 3.15. The van der Waals surface area contributed by atoms with Gasteiger partial charge in [-0.25, -0.2) is 4.79 Å². The number of hydrogen-bond acceptors (Lipinski definition) is 5. The van der Waals surface area contributed by atoms with Gasteiger partial charge in [-0.2, -0.15) is 0 Å². The summed E-state index contributed by atoms with van der Waals surface area (Å²) in [5, 5.41) is 2.77. The molecule has 1 aromatic carbocycles. The first kappa shape index (κ1) is 17.4. The molecule has 1 aliphatic heterocycles. The largest absolute Gasteiger partial charge is 0.444 e. The van der Waals surface area contributed by atoms with Gasteiger partial charge in [-0.05, 0) is 38.0 Å². The predicted molar refractivity (Wildman–Crippen MR) is 93.1 cm³/mol. The molecule has 2 aromatic rings. The van der Waals surface area contributed by atoms with E-state index < -0.39 is 11.9 Å². The second-order valence-corrected chi connectivity index (χ2v) is 6.43. The lowest BCUT2D eigenvalue weighted by Gasteiger charge is -2.17. The van der Waals surface area contributed by atoms with Crippen molar-refractivity contribution in [3.63, 3.8) is 0 Å². The average Bonchev–Trinajstić information content (AvgIpc) is 2.96. The summed E-state index contributed by atoms with van der Waals surface area (Å²) in [6.45, 7) is 6.25. The van der Waals surface area contributed by atoms with Gasteiger partial charge in [-0.3, -0.25) is 10.3 Å². The summed E-state index contributed by atoms with van der Waals surface area (Å²) in [7, 11) is 0. The molecule has 1 aromatic heterocycles. The second kappa shape index (κ2) is 7.21. The van der Waals surface area contributed by atoms with Crippen LogP contribution in [0.1, 0.15) is 36.8 Å². The summed E-state index contributed by atoms with van der Waals surface area (Å²) >= 11 is 0. The van der Waals surface area contributed by atoms with Gasteiger partial charge in [-0.1, -0.05) is 30.3 Å².